The molecule has 15 heavy (non-hydrogen) atoms. The van der Waals surface area contributed by atoms with Crippen molar-refractivity contribution in [1.82, 2.24) is 4.90 Å². The standard InChI is InChI=1S/C13H25N2/c1-3-5-6-7-10-15-12-8-11-14(13-15)9-4-2/h8,11-12H,3-7,9-10,13H2,1-2H3/q+1. The van der Waals surface area contributed by atoms with Crippen LogP contribution in [0.1, 0.15) is 46.0 Å². The summed E-state index contributed by atoms with van der Waals surface area (Å²) < 4.78 is 2.42. The monoisotopic (exact) mass is 209 g/mol. The molecule has 0 aromatic rings. The molecule has 0 spiro atoms. The van der Waals surface area contributed by atoms with E-state index in [1.54, 1.807) is 0 Å². The summed E-state index contributed by atoms with van der Waals surface area (Å²) in [6, 6.07) is 0. The van der Waals surface area contributed by atoms with Gasteiger partial charge in [-0.25, -0.2) is 4.58 Å². The minimum atomic E-state index is 1.08. The third kappa shape index (κ3) is 5.01. The van der Waals surface area contributed by atoms with Crippen LogP contribution in [0, 0.1) is 0 Å². The lowest BCUT2D eigenvalue weighted by molar-refractivity contribution is -0.543. The lowest BCUT2D eigenvalue weighted by Gasteiger charge is -2.19. The van der Waals surface area contributed by atoms with E-state index in [2.05, 4.69) is 41.8 Å². The fourth-order valence-corrected chi connectivity index (χ4v) is 1.93. The predicted octanol–water partition coefficient (Wildman–Crippen LogP) is 2.85. The molecular weight excluding hydrogens is 184 g/mol. The van der Waals surface area contributed by atoms with Gasteiger partial charge in [0, 0.05) is 25.2 Å². The van der Waals surface area contributed by atoms with Crippen LogP contribution in [-0.4, -0.2) is 35.4 Å². The van der Waals surface area contributed by atoms with Crippen LogP contribution in [0.3, 0.4) is 0 Å². The van der Waals surface area contributed by atoms with E-state index < -0.39 is 0 Å². The number of hydrogen-bond acceptors (Lipinski definition) is 1. The molecule has 0 bridgehead atoms. The number of rotatable bonds is 7. The van der Waals surface area contributed by atoms with Gasteiger partial charge in [-0.2, -0.15) is 0 Å². The summed E-state index contributed by atoms with van der Waals surface area (Å²) >= 11 is 0. The smallest absolute Gasteiger partial charge is 0.218 e. The third-order valence-corrected chi connectivity index (χ3v) is 2.77. The average molecular weight is 209 g/mol. The molecular formula is C13H25N2+. The van der Waals surface area contributed by atoms with Crippen LogP contribution in [0.5, 0.6) is 0 Å². The van der Waals surface area contributed by atoms with Crippen LogP contribution in [0.2, 0.25) is 0 Å². The van der Waals surface area contributed by atoms with Gasteiger partial charge < -0.3 is 4.90 Å². The van der Waals surface area contributed by atoms with Crippen LogP contribution in [-0.2, 0) is 0 Å². The van der Waals surface area contributed by atoms with Gasteiger partial charge in [-0.15, -0.1) is 0 Å². The van der Waals surface area contributed by atoms with Crippen LogP contribution in [0.4, 0.5) is 0 Å². The number of hydrogen-bond donors (Lipinski definition) is 0. The Balaban J connectivity index is 2.19. The lowest BCUT2D eigenvalue weighted by Crippen LogP contribution is -2.32. The van der Waals surface area contributed by atoms with E-state index in [1.165, 1.54) is 45.2 Å². The first-order valence-corrected chi connectivity index (χ1v) is 6.36. The SMILES string of the molecule is CCCCCC[N+]1=CC=CN(CCC)C1. The first-order chi connectivity index (χ1) is 7.36. The molecule has 1 aliphatic heterocycles. The normalized spacial score (nSPS) is 15.6. The van der Waals surface area contributed by atoms with Gasteiger partial charge in [0.1, 0.15) is 6.54 Å². The minimum absolute atomic E-state index is 1.08. The molecule has 0 aromatic carbocycles. The van der Waals surface area contributed by atoms with Crippen LogP contribution in [0.15, 0.2) is 12.3 Å². The maximum atomic E-state index is 2.42. The fraction of sp³-hybridized carbons (Fsp3) is 0.769. The van der Waals surface area contributed by atoms with Gasteiger partial charge in [0.05, 0.1) is 0 Å². The molecule has 0 atom stereocenters. The highest BCUT2D eigenvalue weighted by molar-refractivity contribution is 5.66. The fourth-order valence-electron chi connectivity index (χ4n) is 1.93. The Bertz CT molecular complexity index is 219. The Kier molecular flexibility index (Phi) is 6.14. The molecule has 0 radical (unpaired) electrons. The number of unbranched alkanes of at least 4 members (excludes halogenated alkanes) is 3. The summed E-state index contributed by atoms with van der Waals surface area (Å²) in [6.07, 6.45) is 13.2. The molecule has 86 valence electrons. The molecule has 0 aliphatic carbocycles. The molecule has 1 heterocycles. The highest BCUT2D eigenvalue weighted by atomic mass is 15.3. The van der Waals surface area contributed by atoms with E-state index in [9.17, 15) is 0 Å². The van der Waals surface area contributed by atoms with Crippen molar-refractivity contribution < 1.29 is 4.58 Å². The van der Waals surface area contributed by atoms with Crippen molar-refractivity contribution in [2.75, 3.05) is 19.8 Å². The van der Waals surface area contributed by atoms with Gasteiger partial charge in [-0.1, -0.05) is 26.7 Å². The predicted molar refractivity (Wildman–Crippen MR) is 66.3 cm³/mol. The van der Waals surface area contributed by atoms with Crippen molar-refractivity contribution in [2.24, 2.45) is 0 Å². The Morgan fingerprint density at radius 1 is 1.13 bits per heavy atom. The van der Waals surface area contributed by atoms with E-state index in [0.717, 1.165) is 6.67 Å². The molecule has 0 aromatic heterocycles. The van der Waals surface area contributed by atoms with E-state index >= 15 is 0 Å². The number of nitrogens with zero attached hydrogens (tertiary/aromatic N) is 2. The molecule has 0 saturated carbocycles. The summed E-state index contributed by atoms with van der Waals surface area (Å²) in [5, 5.41) is 0. The first kappa shape index (κ1) is 12.3. The molecule has 0 fully saturated rings. The van der Waals surface area contributed by atoms with Gasteiger partial charge in [0.2, 0.25) is 6.67 Å². The summed E-state index contributed by atoms with van der Waals surface area (Å²) in [5.41, 5.74) is 0. The van der Waals surface area contributed by atoms with E-state index in [4.69, 9.17) is 0 Å². The molecule has 1 aliphatic rings. The molecule has 0 unspecified atom stereocenters. The van der Waals surface area contributed by atoms with Gasteiger partial charge >= 0.3 is 0 Å². The molecule has 2 nitrogen and oxygen atoms in total. The second-order valence-corrected chi connectivity index (χ2v) is 4.32. The Hall–Kier alpha value is -0.790. The quantitative estimate of drug-likeness (QED) is 0.461. The summed E-state index contributed by atoms with van der Waals surface area (Å²) in [6.45, 7) is 7.97. The van der Waals surface area contributed by atoms with Crippen LogP contribution < -0.4 is 0 Å². The second-order valence-electron chi connectivity index (χ2n) is 4.32. The van der Waals surface area contributed by atoms with Crippen LogP contribution >= 0.6 is 0 Å². The van der Waals surface area contributed by atoms with E-state index in [0.29, 0.717) is 0 Å². The van der Waals surface area contributed by atoms with E-state index in [1.807, 2.05) is 0 Å². The molecule has 0 amide bonds. The average Bonchev–Trinajstić information content (AvgIpc) is 2.26. The largest absolute Gasteiger partial charge is 0.323 e. The maximum absolute atomic E-state index is 2.42. The minimum Gasteiger partial charge on any atom is -0.323 e. The summed E-state index contributed by atoms with van der Waals surface area (Å²) in [5.74, 6) is 0. The Morgan fingerprint density at radius 2 is 2.00 bits per heavy atom. The van der Waals surface area contributed by atoms with Crippen molar-refractivity contribution in [3.63, 3.8) is 0 Å². The topological polar surface area (TPSA) is 6.25 Å². The zero-order valence-corrected chi connectivity index (χ0v) is 10.3. The van der Waals surface area contributed by atoms with Gasteiger partial charge in [-0.05, 0) is 12.8 Å². The highest BCUT2D eigenvalue weighted by Crippen LogP contribution is 2.02. The molecule has 2 heteroatoms. The zero-order chi connectivity index (χ0) is 10.9. The van der Waals surface area contributed by atoms with Crippen molar-refractivity contribution in [1.29, 1.82) is 0 Å². The first-order valence-electron chi connectivity index (χ1n) is 6.36. The zero-order valence-electron chi connectivity index (χ0n) is 10.3. The van der Waals surface area contributed by atoms with Crippen molar-refractivity contribution in [3.8, 4) is 0 Å². The van der Waals surface area contributed by atoms with E-state index in [-0.39, 0.29) is 0 Å². The lowest BCUT2D eigenvalue weighted by atomic mass is 10.2. The van der Waals surface area contributed by atoms with Crippen molar-refractivity contribution in [2.45, 2.75) is 46.0 Å². The third-order valence-electron chi connectivity index (χ3n) is 2.77. The van der Waals surface area contributed by atoms with Gasteiger partial charge in [-0.3, -0.25) is 0 Å². The summed E-state index contributed by atoms with van der Waals surface area (Å²) in [4.78, 5) is 2.39. The van der Waals surface area contributed by atoms with Crippen molar-refractivity contribution in [3.05, 3.63) is 12.3 Å². The Morgan fingerprint density at radius 3 is 2.73 bits per heavy atom. The van der Waals surface area contributed by atoms with Gasteiger partial charge in [0.25, 0.3) is 0 Å². The second kappa shape index (κ2) is 7.49. The van der Waals surface area contributed by atoms with Crippen molar-refractivity contribution >= 4 is 6.21 Å². The molecule has 1 rings (SSSR count). The van der Waals surface area contributed by atoms with Gasteiger partial charge in [0.15, 0.2) is 6.21 Å². The number of allylic oxidation sites excluding steroid dienone is 1. The Labute approximate surface area is 94.3 Å². The highest BCUT2D eigenvalue weighted by Gasteiger charge is 2.10. The van der Waals surface area contributed by atoms with Crippen LogP contribution in [0.25, 0.3) is 0 Å². The summed E-state index contributed by atoms with van der Waals surface area (Å²) in [7, 11) is 0. The molecule has 0 N–H and O–H groups in total. The molecule has 0 saturated heterocycles. The maximum Gasteiger partial charge on any atom is 0.218 e.